The molecule has 0 bridgehead atoms. The zero-order valence-corrected chi connectivity index (χ0v) is 16.4. The Morgan fingerprint density at radius 1 is 1.04 bits per heavy atom. The lowest BCUT2D eigenvalue weighted by atomic mass is 10.1. The van der Waals surface area contributed by atoms with Gasteiger partial charge in [-0.25, -0.2) is 0 Å². The molecule has 2 aromatic rings. The van der Waals surface area contributed by atoms with Crippen molar-refractivity contribution in [2.45, 2.75) is 26.8 Å². The summed E-state index contributed by atoms with van der Waals surface area (Å²) in [5, 5.41) is 5.00. The molecule has 6 heteroatoms. The predicted octanol–water partition coefficient (Wildman–Crippen LogP) is 4.66. The molecule has 0 atom stereocenters. The summed E-state index contributed by atoms with van der Waals surface area (Å²) < 4.78 is 16.1. The molecule has 0 spiro atoms. The zero-order chi connectivity index (χ0) is 18.9. The Hall–Kier alpha value is -2.40. The molecule has 0 saturated carbocycles. The van der Waals surface area contributed by atoms with Crippen molar-refractivity contribution in [1.29, 1.82) is 0 Å². The largest absolute Gasteiger partial charge is 0.493 e. The fraction of sp³-hybridized carbons (Fsp3) is 0.350. The van der Waals surface area contributed by atoms with Gasteiger partial charge in [0.2, 0.25) is 0 Å². The lowest BCUT2D eigenvalue weighted by Crippen LogP contribution is -2.09. The molecule has 0 aliphatic carbocycles. The number of benzene rings is 2. The van der Waals surface area contributed by atoms with Crippen molar-refractivity contribution < 1.29 is 14.2 Å². The Morgan fingerprint density at radius 2 is 1.77 bits per heavy atom. The van der Waals surface area contributed by atoms with Crippen LogP contribution >= 0.6 is 11.6 Å². The average molecular weight is 377 g/mol. The summed E-state index contributed by atoms with van der Waals surface area (Å²) in [5.74, 6) is 2.10. The van der Waals surface area contributed by atoms with Gasteiger partial charge in [-0.05, 0) is 54.8 Å². The highest BCUT2D eigenvalue weighted by molar-refractivity contribution is 6.32. The molecular formula is C20H25ClN2O3. The number of rotatable bonds is 9. The minimum Gasteiger partial charge on any atom is -0.493 e. The van der Waals surface area contributed by atoms with Crippen molar-refractivity contribution in [3.8, 4) is 17.2 Å². The van der Waals surface area contributed by atoms with Gasteiger partial charge < -0.3 is 19.6 Å². The fourth-order valence-corrected chi connectivity index (χ4v) is 2.59. The summed E-state index contributed by atoms with van der Waals surface area (Å²) in [6.45, 7) is 5.21. The van der Waals surface area contributed by atoms with Crippen LogP contribution in [0.2, 0.25) is 5.02 Å². The molecule has 26 heavy (non-hydrogen) atoms. The van der Waals surface area contributed by atoms with E-state index in [1.165, 1.54) is 0 Å². The number of ether oxygens (including phenoxy) is 3. The number of nitrogens with one attached hydrogen (secondary N) is 1. The summed E-state index contributed by atoms with van der Waals surface area (Å²) in [5.41, 5.74) is 5.90. The molecule has 0 fully saturated rings. The van der Waals surface area contributed by atoms with Gasteiger partial charge in [-0.1, -0.05) is 24.6 Å². The van der Waals surface area contributed by atoms with Crippen molar-refractivity contribution in [3.63, 3.8) is 0 Å². The van der Waals surface area contributed by atoms with Gasteiger partial charge in [-0.2, -0.15) is 5.10 Å². The van der Waals surface area contributed by atoms with E-state index in [9.17, 15) is 0 Å². The number of hydrogen-bond acceptors (Lipinski definition) is 5. The van der Waals surface area contributed by atoms with Crippen LogP contribution in [-0.2, 0) is 6.54 Å². The standard InChI is InChI=1S/C20H25ClN2O3/c1-5-10-26-18-9-7-16(12-17(18)21)14(2)23-22-13-15-6-8-19(24-3)20(11-15)25-4/h6-9,11-12,22H,5,10,13H2,1-4H3/b23-14+. The number of nitrogens with zero attached hydrogens (tertiary/aromatic N) is 1. The molecule has 0 aliphatic rings. The molecule has 2 rings (SSSR count). The molecule has 0 unspecified atom stereocenters. The van der Waals surface area contributed by atoms with E-state index >= 15 is 0 Å². The molecule has 5 nitrogen and oxygen atoms in total. The number of hydrazone groups is 1. The SMILES string of the molecule is CCCOc1ccc(/C(C)=N/NCc2ccc(OC)c(OC)c2)cc1Cl. The second-order valence-electron chi connectivity index (χ2n) is 5.72. The first-order chi connectivity index (χ1) is 12.6. The minimum absolute atomic E-state index is 0.573. The number of halogens is 1. The minimum atomic E-state index is 0.573. The van der Waals surface area contributed by atoms with E-state index in [0.717, 1.165) is 23.3 Å². The second-order valence-corrected chi connectivity index (χ2v) is 6.12. The third-order valence-corrected chi connectivity index (χ3v) is 4.08. The van der Waals surface area contributed by atoms with E-state index in [1.807, 2.05) is 43.3 Å². The molecule has 0 aliphatic heterocycles. The van der Waals surface area contributed by atoms with Crippen LogP contribution in [-0.4, -0.2) is 26.5 Å². The highest BCUT2D eigenvalue weighted by Crippen LogP contribution is 2.28. The summed E-state index contributed by atoms with van der Waals surface area (Å²) in [4.78, 5) is 0. The molecule has 0 amide bonds. The maximum Gasteiger partial charge on any atom is 0.161 e. The van der Waals surface area contributed by atoms with Crippen LogP contribution < -0.4 is 19.6 Å². The van der Waals surface area contributed by atoms with E-state index in [2.05, 4.69) is 17.5 Å². The highest BCUT2D eigenvalue weighted by atomic mass is 35.5. The predicted molar refractivity (Wildman–Crippen MR) is 106 cm³/mol. The maximum atomic E-state index is 6.27. The lowest BCUT2D eigenvalue weighted by molar-refractivity contribution is 0.317. The van der Waals surface area contributed by atoms with E-state index in [4.69, 9.17) is 25.8 Å². The first-order valence-electron chi connectivity index (χ1n) is 8.49. The lowest BCUT2D eigenvalue weighted by Gasteiger charge is -2.10. The Balaban J connectivity index is 2.01. The van der Waals surface area contributed by atoms with Crippen molar-refractivity contribution in [3.05, 3.63) is 52.5 Å². The quantitative estimate of drug-likeness (QED) is 0.510. The third-order valence-electron chi connectivity index (χ3n) is 3.79. The second kappa shape index (κ2) is 9.92. The van der Waals surface area contributed by atoms with Crippen molar-refractivity contribution in [2.75, 3.05) is 20.8 Å². The molecule has 2 aromatic carbocycles. The van der Waals surface area contributed by atoms with E-state index in [1.54, 1.807) is 14.2 Å². The van der Waals surface area contributed by atoms with Gasteiger partial charge >= 0.3 is 0 Å². The molecule has 0 heterocycles. The summed E-state index contributed by atoms with van der Waals surface area (Å²) in [7, 11) is 3.24. The monoisotopic (exact) mass is 376 g/mol. The topological polar surface area (TPSA) is 52.1 Å². The van der Waals surface area contributed by atoms with Crippen molar-refractivity contribution >= 4 is 17.3 Å². The van der Waals surface area contributed by atoms with Gasteiger partial charge in [-0.15, -0.1) is 0 Å². The molecule has 0 saturated heterocycles. The van der Waals surface area contributed by atoms with E-state index in [0.29, 0.717) is 35.4 Å². The maximum absolute atomic E-state index is 6.27. The number of methoxy groups -OCH3 is 2. The average Bonchev–Trinajstić information content (AvgIpc) is 2.66. The van der Waals surface area contributed by atoms with Crippen LogP contribution in [0.1, 0.15) is 31.4 Å². The Labute approximate surface area is 159 Å². The highest BCUT2D eigenvalue weighted by Gasteiger charge is 2.06. The van der Waals surface area contributed by atoms with E-state index < -0.39 is 0 Å². The Bertz CT molecular complexity index is 763. The number of hydrogen-bond donors (Lipinski definition) is 1. The van der Waals surface area contributed by atoms with Gasteiger partial charge in [0.25, 0.3) is 0 Å². The van der Waals surface area contributed by atoms with Crippen molar-refractivity contribution in [2.24, 2.45) is 5.10 Å². The zero-order valence-electron chi connectivity index (χ0n) is 15.6. The normalized spacial score (nSPS) is 11.2. The molecule has 1 N–H and O–H groups in total. The van der Waals surface area contributed by atoms with Gasteiger partial charge in [0.1, 0.15) is 5.75 Å². The summed E-state index contributed by atoms with van der Waals surface area (Å²) >= 11 is 6.27. The van der Waals surface area contributed by atoms with Gasteiger partial charge in [0.05, 0.1) is 38.1 Å². The Kier molecular flexibility index (Phi) is 7.60. The molecule has 140 valence electrons. The molecule has 0 radical (unpaired) electrons. The van der Waals surface area contributed by atoms with Crippen LogP contribution in [0.25, 0.3) is 0 Å². The van der Waals surface area contributed by atoms with Crippen molar-refractivity contribution in [1.82, 2.24) is 5.43 Å². The van der Waals surface area contributed by atoms with E-state index in [-0.39, 0.29) is 0 Å². The van der Waals surface area contributed by atoms with Crippen LogP contribution in [0.3, 0.4) is 0 Å². The van der Waals surface area contributed by atoms with Crippen LogP contribution in [0.15, 0.2) is 41.5 Å². The first kappa shape index (κ1) is 19.9. The molecule has 0 aromatic heterocycles. The van der Waals surface area contributed by atoms with Gasteiger partial charge in [0, 0.05) is 0 Å². The van der Waals surface area contributed by atoms with Crippen LogP contribution in [0, 0.1) is 0 Å². The fourth-order valence-electron chi connectivity index (χ4n) is 2.36. The van der Waals surface area contributed by atoms with Gasteiger partial charge in [0.15, 0.2) is 11.5 Å². The van der Waals surface area contributed by atoms with Crippen LogP contribution in [0.5, 0.6) is 17.2 Å². The first-order valence-corrected chi connectivity index (χ1v) is 8.87. The smallest absolute Gasteiger partial charge is 0.161 e. The third kappa shape index (κ3) is 5.30. The van der Waals surface area contributed by atoms with Gasteiger partial charge in [-0.3, -0.25) is 0 Å². The Morgan fingerprint density at radius 3 is 2.42 bits per heavy atom. The molecular weight excluding hydrogens is 352 g/mol. The summed E-state index contributed by atoms with van der Waals surface area (Å²) in [6, 6.07) is 11.5. The van der Waals surface area contributed by atoms with Crippen LogP contribution in [0.4, 0.5) is 0 Å². The summed E-state index contributed by atoms with van der Waals surface area (Å²) in [6.07, 6.45) is 0.943.